The van der Waals surface area contributed by atoms with Crippen molar-refractivity contribution >= 4 is 40.3 Å². The minimum absolute atomic E-state index is 0.0154. The van der Waals surface area contributed by atoms with E-state index < -0.39 is 29.7 Å². The SMILES string of the molecule is COc1cccc2[nH]c(C(=O)N3C[C@@H]4CCC[C@@H]4[C@H]3C(=O)N[C@@H](CN3CCCC3=O)C(=O)C(=O)NC3CC3)cc12. The molecule has 0 bridgehead atoms. The number of benzene rings is 1. The van der Waals surface area contributed by atoms with Crippen molar-refractivity contribution in [3.05, 3.63) is 30.0 Å². The number of nitrogens with one attached hydrogen (secondary N) is 3. The van der Waals surface area contributed by atoms with Crippen molar-refractivity contribution in [2.45, 2.75) is 63.1 Å². The van der Waals surface area contributed by atoms with Gasteiger partial charge in [0.2, 0.25) is 17.6 Å². The van der Waals surface area contributed by atoms with Gasteiger partial charge in [-0.1, -0.05) is 12.5 Å². The number of hydrogen-bond donors (Lipinski definition) is 3. The number of hydrogen-bond acceptors (Lipinski definition) is 6. The van der Waals surface area contributed by atoms with Gasteiger partial charge in [0.05, 0.1) is 7.11 Å². The number of nitrogens with zero attached hydrogens (tertiary/aromatic N) is 2. The van der Waals surface area contributed by atoms with E-state index in [1.165, 1.54) is 4.90 Å². The largest absolute Gasteiger partial charge is 0.496 e. The van der Waals surface area contributed by atoms with Crippen molar-refractivity contribution in [1.29, 1.82) is 0 Å². The van der Waals surface area contributed by atoms with E-state index >= 15 is 0 Å². The highest BCUT2D eigenvalue weighted by atomic mass is 16.5. The summed E-state index contributed by atoms with van der Waals surface area (Å²) in [6.45, 7) is 0.864. The molecule has 4 atom stereocenters. The lowest BCUT2D eigenvalue weighted by atomic mass is 9.93. The molecule has 2 saturated carbocycles. The van der Waals surface area contributed by atoms with Gasteiger partial charge >= 0.3 is 0 Å². The number of aromatic nitrogens is 1. The zero-order valence-corrected chi connectivity index (χ0v) is 22.6. The zero-order valence-electron chi connectivity index (χ0n) is 22.6. The highest BCUT2D eigenvalue weighted by Crippen LogP contribution is 2.43. The number of H-pyrrole nitrogens is 1. The smallest absolute Gasteiger partial charge is 0.289 e. The van der Waals surface area contributed by atoms with E-state index in [0.29, 0.717) is 37.4 Å². The van der Waals surface area contributed by atoms with E-state index in [4.69, 9.17) is 4.74 Å². The summed E-state index contributed by atoms with van der Waals surface area (Å²) in [7, 11) is 1.57. The van der Waals surface area contributed by atoms with Crippen LogP contribution in [-0.2, 0) is 19.2 Å². The molecule has 1 aromatic heterocycles. The molecule has 40 heavy (non-hydrogen) atoms. The minimum atomic E-state index is -1.18. The Morgan fingerprint density at radius 2 is 1.95 bits per heavy atom. The highest BCUT2D eigenvalue weighted by molar-refractivity contribution is 6.38. The van der Waals surface area contributed by atoms with Crippen LogP contribution in [0.4, 0.5) is 0 Å². The monoisotopic (exact) mass is 549 g/mol. The van der Waals surface area contributed by atoms with E-state index in [1.807, 2.05) is 18.2 Å². The average Bonchev–Trinajstić information content (AvgIpc) is 3.30. The molecule has 11 heteroatoms. The molecule has 212 valence electrons. The molecule has 2 aliphatic heterocycles. The summed E-state index contributed by atoms with van der Waals surface area (Å²) >= 11 is 0. The Morgan fingerprint density at radius 1 is 1.12 bits per heavy atom. The Labute approximate surface area is 232 Å². The van der Waals surface area contributed by atoms with Gasteiger partial charge in [-0.2, -0.15) is 0 Å². The second-order valence-corrected chi connectivity index (χ2v) is 11.5. The molecule has 4 aliphatic rings. The quantitative estimate of drug-likeness (QED) is 0.404. The predicted molar refractivity (Wildman–Crippen MR) is 144 cm³/mol. The predicted octanol–water partition coefficient (Wildman–Crippen LogP) is 1.37. The summed E-state index contributed by atoms with van der Waals surface area (Å²) < 4.78 is 5.44. The molecule has 0 radical (unpaired) electrons. The molecular formula is C29H35N5O6. The van der Waals surface area contributed by atoms with Gasteiger partial charge in [0, 0.05) is 43.0 Å². The van der Waals surface area contributed by atoms with Crippen molar-refractivity contribution in [3.8, 4) is 5.75 Å². The molecule has 3 heterocycles. The fourth-order valence-electron chi connectivity index (χ4n) is 6.64. The lowest BCUT2D eigenvalue weighted by molar-refractivity contribution is -0.141. The van der Waals surface area contributed by atoms with E-state index in [1.54, 1.807) is 18.1 Å². The molecule has 2 saturated heterocycles. The fourth-order valence-corrected chi connectivity index (χ4v) is 6.64. The molecule has 4 fully saturated rings. The molecule has 2 aromatic rings. The summed E-state index contributed by atoms with van der Waals surface area (Å²) in [6.07, 6.45) is 5.40. The number of aromatic amines is 1. The van der Waals surface area contributed by atoms with Gasteiger partial charge in [-0.3, -0.25) is 24.0 Å². The van der Waals surface area contributed by atoms with E-state index in [0.717, 1.165) is 43.0 Å². The van der Waals surface area contributed by atoms with Crippen LogP contribution >= 0.6 is 0 Å². The molecule has 1 aromatic carbocycles. The zero-order chi connectivity index (χ0) is 28.0. The Hall–Kier alpha value is -3.89. The first-order valence-corrected chi connectivity index (χ1v) is 14.2. The molecule has 2 aliphatic carbocycles. The standard InChI is InChI=1S/C29H35N5O6/c1-40-23-8-3-7-20-19(23)13-21(31-20)29(39)34-14-16-5-2-6-18(16)25(34)27(37)32-22(15-33-12-4-9-24(33)35)26(36)28(38)30-17-10-11-17/h3,7-8,13,16-18,22,25,31H,2,4-6,9-12,14-15H2,1H3,(H,30,38)(H,32,37)/t16-,18-,22-,25-/m0/s1. The third-order valence-corrected chi connectivity index (χ3v) is 8.84. The lowest BCUT2D eigenvalue weighted by Gasteiger charge is -2.30. The van der Waals surface area contributed by atoms with E-state index in [2.05, 4.69) is 15.6 Å². The van der Waals surface area contributed by atoms with Crippen molar-refractivity contribution in [2.75, 3.05) is 26.7 Å². The normalized spacial score (nSPS) is 24.7. The molecule has 0 spiro atoms. The van der Waals surface area contributed by atoms with Crippen LogP contribution in [0.25, 0.3) is 10.9 Å². The van der Waals surface area contributed by atoms with Crippen LogP contribution in [0.3, 0.4) is 0 Å². The summed E-state index contributed by atoms with van der Waals surface area (Å²) in [6, 6.07) is 5.30. The third-order valence-electron chi connectivity index (χ3n) is 8.84. The number of Topliss-reactive ketones (excluding diaryl/α,β-unsaturated/α-hetero) is 1. The van der Waals surface area contributed by atoms with Gasteiger partial charge in [0.1, 0.15) is 23.5 Å². The van der Waals surface area contributed by atoms with E-state index in [-0.39, 0.29) is 36.2 Å². The van der Waals surface area contributed by atoms with Crippen molar-refractivity contribution in [3.63, 3.8) is 0 Å². The highest BCUT2D eigenvalue weighted by Gasteiger charge is 2.50. The fraction of sp³-hybridized carbons (Fsp3) is 0.552. The van der Waals surface area contributed by atoms with Gasteiger partial charge in [-0.05, 0) is 62.1 Å². The lowest BCUT2D eigenvalue weighted by Crippen LogP contribution is -2.58. The number of methoxy groups -OCH3 is 1. The number of likely N-dealkylation sites (tertiary alicyclic amines) is 2. The van der Waals surface area contributed by atoms with Crippen LogP contribution in [-0.4, -0.2) is 89.1 Å². The van der Waals surface area contributed by atoms with Gasteiger partial charge in [-0.25, -0.2) is 0 Å². The molecule has 11 nitrogen and oxygen atoms in total. The third kappa shape index (κ3) is 4.93. The maximum absolute atomic E-state index is 13.9. The maximum atomic E-state index is 13.9. The first-order chi connectivity index (χ1) is 19.3. The van der Waals surface area contributed by atoms with E-state index in [9.17, 15) is 24.0 Å². The van der Waals surface area contributed by atoms with Gasteiger partial charge < -0.3 is 30.2 Å². The summed E-state index contributed by atoms with van der Waals surface area (Å²) in [4.78, 5) is 72.3. The summed E-state index contributed by atoms with van der Waals surface area (Å²) in [5.41, 5.74) is 1.11. The Kier molecular flexibility index (Phi) is 6.97. The van der Waals surface area contributed by atoms with Crippen LogP contribution in [0, 0.1) is 11.8 Å². The first kappa shape index (κ1) is 26.3. The molecule has 3 N–H and O–H groups in total. The van der Waals surface area contributed by atoms with Crippen molar-refractivity contribution < 1.29 is 28.7 Å². The number of ketones is 1. The van der Waals surface area contributed by atoms with Crippen LogP contribution in [0.5, 0.6) is 5.75 Å². The maximum Gasteiger partial charge on any atom is 0.289 e. The Balaban J connectivity index is 1.25. The average molecular weight is 550 g/mol. The summed E-state index contributed by atoms with van der Waals surface area (Å²) in [5, 5.41) is 6.28. The van der Waals surface area contributed by atoms with Crippen LogP contribution in [0.15, 0.2) is 24.3 Å². The van der Waals surface area contributed by atoms with Crippen LogP contribution in [0.1, 0.15) is 55.4 Å². The van der Waals surface area contributed by atoms with Gasteiger partial charge in [0.15, 0.2) is 0 Å². The van der Waals surface area contributed by atoms with Crippen LogP contribution < -0.4 is 15.4 Å². The Morgan fingerprint density at radius 3 is 2.67 bits per heavy atom. The number of rotatable bonds is 9. The second kappa shape index (κ2) is 10.6. The number of carbonyl (C=O) groups is 5. The Bertz CT molecular complexity index is 1370. The topological polar surface area (TPSA) is 141 Å². The first-order valence-electron chi connectivity index (χ1n) is 14.2. The second-order valence-electron chi connectivity index (χ2n) is 11.5. The molecule has 6 rings (SSSR count). The number of ether oxygens (including phenoxy) is 1. The minimum Gasteiger partial charge on any atom is -0.496 e. The molecular weight excluding hydrogens is 514 g/mol. The molecule has 4 amide bonds. The van der Waals surface area contributed by atoms with Crippen molar-refractivity contribution in [1.82, 2.24) is 25.4 Å². The number of fused-ring (bicyclic) bond motifs is 2. The molecule has 0 unspecified atom stereocenters. The number of amides is 4. The van der Waals surface area contributed by atoms with Gasteiger partial charge in [-0.15, -0.1) is 0 Å². The van der Waals surface area contributed by atoms with Crippen molar-refractivity contribution in [2.24, 2.45) is 11.8 Å². The van der Waals surface area contributed by atoms with Crippen LogP contribution in [0.2, 0.25) is 0 Å². The van der Waals surface area contributed by atoms with Gasteiger partial charge in [0.25, 0.3) is 11.8 Å². The summed E-state index contributed by atoms with van der Waals surface area (Å²) in [5.74, 6) is -1.57. The number of carbonyl (C=O) groups excluding carboxylic acids is 5.